The largest absolute Gasteiger partial charge is 0.406 e. The van der Waals surface area contributed by atoms with Crippen molar-refractivity contribution in [1.29, 1.82) is 0 Å². The summed E-state index contributed by atoms with van der Waals surface area (Å²) >= 11 is 5.68. The summed E-state index contributed by atoms with van der Waals surface area (Å²) in [6.45, 7) is 6.55. The van der Waals surface area contributed by atoms with Crippen LogP contribution in [-0.2, 0) is 6.54 Å². The molecule has 0 saturated heterocycles. The van der Waals surface area contributed by atoms with Gasteiger partial charge in [-0.2, -0.15) is 0 Å². The van der Waals surface area contributed by atoms with Crippen molar-refractivity contribution < 1.29 is 8.81 Å². The van der Waals surface area contributed by atoms with Gasteiger partial charge in [0.15, 0.2) is 0 Å². The van der Waals surface area contributed by atoms with Crippen LogP contribution in [0.3, 0.4) is 0 Å². The summed E-state index contributed by atoms with van der Waals surface area (Å²) in [4.78, 5) is 0. The molecular formula is C13H16ClFN4O. The lowest BCUT2D eigenvalue weighted by molar-refractivity contribution is 0.384. The Kier molecular flexibility index (Phi) is 4.25. The van der Waals surface area contributed by atoms with Gasteiger partial charge in [0.05, 0.1) is 12.2 Å². The van der Waals surface area contributed by atoms with Crippen LogP contribution in [0.2, 0.25) is 5.02 Å². The Morgan fingerprint density at radius 3 is 2.70 bits per heavy atom. The van der Waals surface area contributed by atoms with Gasteiger partial charge in [0.25, 0.3) is 0 Å². The molecule has 2 rings (SSSR count). The Hall–Kier alpha value is -1.66. The predicted octanol–water partition coefficient (Wildman–Crippen LogP) is 3.49. The van der Waals surface area contributed by atoms with Crippen LogP contribution in [0.5, 0.6) is 0 Å². The molecule has 0 unspecified atom stereocenters. The molecule has 0 aliphatic rings. The zero-order valence-corrected chi connectivity index (χ0v) is 12.3. The first kappa shape index (κ1) is 14.7. The third-order valence-electron chi connectivity index (χ3n) is 2.41. The van der Waals surface area contributed by atoms with Crippen molar-refractivity contribution in [3.8, 4) is 0 Å². The number of nitrogens with zero attached hydrogens (tertiary/aromatic N) is 2. The van der Waals surface area contributed by atoms with E-state index in [0.29, 0.717) is 17.5 Å². The van der Waals surface area contributed by atoms with E-state index in [-0.39, 0.29) is 17.2 Å². The number of benzene rings is 1. The summed E-state index contributed by atoms with van der Waals surface area (Å²) < 4.78 is 19.0. The van der Waals surface area contributed by atoms with E-state index in [1.54, 1.807) is 6.07 Å². The normalized spacial score (nSPS) is 11.7. The first-order valence-corrected chi connectivity index (χ1v) is 6.51. The minimum Gasteiger partial charge on any atom is -0.406 e. The van der Waals surface area contributed by atoms with Crippen molar-refractivity contribution in [3.63, 3.8) is 0 Å². The highest BCUT2D eigenvalue weighted by Crippen LogP contribution is 2.22. The minimum absolute atomic E-state index is 0.0512. The second-order valence-corrected chi connectivity index (χ2v) is 5.79. The molecule has 0 atom stereocenters. The van der Waals surface area contributed by atoms with Gasteiger partial charge in [-0.25, -0.2) is 4.39 Å². The number of rotatable bonds is 4. The maximum absolute atomic E-state index is 13.6. The van der Waals surface area contributed by atoms with Gasteiger partial charge in [-0.05, 0) is 39.0 Å². The van der Waals surface area contributed by atoms with Crippen molar-refractivity contribution in [3.05, 3.63) is 34.9 Å². The molecule has 0 aliphatic carbocycles. The van der Waals surface area contributed by atoms with E-state index in [9.17, 15) is 4.39 Å². The predicted molar refractivity (Wildman–Crippen MR) is 75.6 cm³/mol. The minimum atomic E-state index is -0.481. The number of aromatic nitrogens is 2. The van der Waals surface area contributed by atoms with Gasteiger partial charge in [-0.15, -0.1) is 5.10 Å². The highest BCUT2D eigenvalue weighted by Gasteiger charge is 2.13. The lowest BCUT2D eigenvalue weighted by Gasteiger charge is -2.18. The molecule has 0 bridgehead atoms. The van der Waals surface area contributed by atoms with E-state index in [4.69, 9.17) is 16.0 Å². The summed E-state index contributed by atoms with van der Waals surface area (Å²) in [5, 5.41) is 13.9. The summed E-state index contributed by atoms with van der Waals surface area (Å²) in [5.74, 6) is -0.0538. The lowest BCUT2D eigenvalue weighted by atomic mass is 10.1. The maximum Gasteiger partial charge on any atom is 0.320 e. The molecule has 1 aromatic heterocycles. The fraction of sp³-hybridized carbons (Fsp3) is 0.385. The topological polar surface area (TPSA) is 63.0 Å². The van der Waals surface area contributed by atoms with Gasteiger partial charge < -0.3 is 15.1 Å². The maximum atomic E-state index is 13.6. The van der Waals surface area contributed by atoms with Crippen molar-refractivity contribution >= 4 is 23.3 Å². The second-order valence-electron chi connectivity index (χ2n) is 5.35. The molecule has 108 valence electrons. The number of hydrogen-bond acceptors (Lipinski definition) is 5. The molecule has 0 radical (unpaired) electrons. The van der Waals surface area contributed by atoms with Crippen LogP contribution >= 0.6 is 11.6 Å². The fourth-order valence-corrected chi connectivity index (χ4v) is 1.58. The Morgan fingerprint density at radius 1 is 1.30 bits per heavy atom. The smallest absolute Gasteiger partial charge is 0.320 e. The average molecular weight is 299 g/mol. The van der Waals surface area contributed by atoms with Gasteiger partial charge >= 0.3 is 6.01 Å². The highest BCUT2D eigenvalue weighted by molar-refractivity contribution is 6.30. The third kappa shape index (κ3) is 4.18. The van der Waals surface area contributed by atoms with E-state index in [0.717, 1.165) is 0 Å². The number of hydrogen-bond donors (Lipinski definition) is 2. The Morgan fingerprint density at radius 2 is 2.05 bits per heavy atom. The third-order valence-corrected chi connectivity index (χ3v) is 2.64. The number of nitrogens with one attached hydrogen (secondary N) is 2. The summed E-state index contributed by atoms with van der Waals surface area (Å²) in [6, 6.07) is 4.43. The van der Waals surface area contributed by atoms with Crippen molar-refractivity contribution in [1.82, 2.24) is 15.5 Å². The molecule has 0 aliphatic heterocycles. The van der Waals surface area contributed by atoms with E-state index in [1.807, 2.05) is 20.8 Å². The lowest BCUT2D eigenvalue weighted by Crippen LogP contribution is -2.35. The van der Waals surface area contributed by atoms with E-state index in [1.165, 1.54) is 12.1 Å². The molecule has 0 amide bonds. The zero-order chi connectivity index (χ0) is 14.8. The van der Waals surface area contributed by atoms with Gasteiger partial charge in [-0.3, -0.25) is 0 Å². The molecule has 2 N–H and O–H groups in total. The Balaban J connectivity index is 2.02. The molecule has 7 heteroatoms. The van der Waals surface area contributed by atoms with Crippen LogP contribution < -0.4 is 10.6 Å². The quantitative estimate of drug-likeness (QED) is 0.904. The van der Waals surface area contributed by atoms with Crippen LogP contribution in [0, 0.1) is 5.82 Å². The molecule has 0 saturated carbocycles. The van der Waals surface area contributed by atoms with Gasteiger partial charge in [0, 0.05) is 10.6 Å². The fourth-order valence-electron chi connectivity index (χ4n) is 1.42. The molecule has 1 heterocycles. The number of halogens is 2. The average Bonchev–Trinajstić information content (AvgIpc) is 2.77. The van der Waals surface area contributed by atoms with Crippen LogP contribution in [-0.4, -0.2) is 15.7 Å². The molecular weight excluding hydrogens is 283 g/mol. The molecule has 2 aromatic rings. The molecule has 0 spiro atoms. The summed E-state index contributed by atoms with van der Waals surface area (Å²) in [5.41, 5.74) is 0.179. The molecule has 5 nitrogen and oxygen atoms in total. The monoisotopic (exact) mass is 298 g/mol. The van der Waals surface area contributed by atoms with Crippen molar-refractivity contribution in [2.75, 3.05) is 5.32 Å². The molecule has 1 aromatic carbocycles. The Labute approximate surface area is 121 Å². The zero-order valence-electron chi connectivity index (χ0n) is 11.5. The highest BCUT2D eigenvalue weighted by atomic mass is 35.5. The summed E-state index contributed by atoms with van der Waals surface area (Å²) in [6.07, 6.45) is 0. The van der Waals surface area contributed by atoms with Crippen molar-refractivity contribution in [2.45, 2.75) is 32.9 Å². The van der Waals surface area contributed by atoms with Gasteiger partial charge in [-0.1, -0.05) is 16.7 Å². The van der Waals surface area contributed by atoms with Gasteiger partial charge in [0.2, 0.25) is 5.89 Å². The first-order chi connectivity index (χ1) is 9.33. The Bertz CT molecular complexity index is 594. The second kappa shape index (κ2) is 5.76. The SMILES string of the molecule is CC(C)(C)NCc1nnc(Nc2ccc(Cl)cc2F)o1. The van der Waals surface area contributed by atoms with Crippen LogP contribution in [0.25, 0.3) is 0 Å². The van der Waals surface area contributed by atoms with Crippen LogP contribution in [0.4, 0.5) is 16.1 Å². The van der Waals surface area contributed by atoms with Gasteiger partial charge in [0.1, 0.15) is 5.82 Å². The standard InChI is InChI=1S/C13H16ClFN4O/c1-13(2,3)16-7-11-18-19-12(20-11)17-10-5-4-8(14)6-9(10)15/h4-6,16H,7H2,1-3H3,(H,17,19). The van der Waals surface area contributed by atoms with Crippen LogP contribution in [0.1, 0.15) is 26.7 Å². The molecule has 0 fully saturated rings. The molecule has 20 heavy (non-hydrogen) atoms. The van der Waals surface area contributed by atoms with E-state index < -0.39 is 5.82 Å². The summed E-state index contributed by atoms with van der Waals surface area (Å²) in [7, 11) is 0. The van der Waals surface area contributed by atoms with Crippen LogP contribution in [0.15, 0.2) is 22.6 Å². The first-order valence-electron chi connectivity index (χ1n) is 6.13. The van der Waals surface area contributed by atoms with E-state index >= 15 is 0 Å². The number of anilines is 2. The van der Waals surface area contributed by atoms with E-state index in [2.05, 4.69) is 20.8 Å². The van der Waals surface area contributed by atoms with Crippen molar-refractivity contribution in [2.24, 2.45) is 0 Å².